The van der Waals surface area contributed by atoms with E-state index >= 15 is 0 Å². The third-order valence-electron chi connectivity index (χ3n) is 2.14. The predicted octanol–water partition coefficient (Wildman–Crippen LogP) is 2.44. The molecule has 0 aliphatic carbocycles. The van der Waals surface area contributed by atoms with Gasteiger partial charge in [0.2, 0.25) is 0 Å². The molecular weight excluding hydrogens is 202 g/mol. The molecule has 0 bridgehead atoms. The van der Waals surface area contributed by atoms with Crippen molar-refractivity contribution in [3.8, 4) is 6.07 Å². The molecule has 3 nitrogen and oxygen atoms in total. The van der Waals surface area contributed by atoms with Crippen molar-refractivity contribution in [3.05, 3.63) is 41.0 Å². The van der Waals surface area contributed by atoms with Gasteiger partial charge in [0.25, 0.3) is 0 Å². The first kappa shape index (κ1) is 12.0. The Morgan fingerprint density at radius 2 is 2.31 bits per heavy atom. The molecule has 1 aromatic carbocycles. The highest BCUT2D eigenvalue weighted by molar-refractivity contribution is 5.73. The van der Waals surface area contributed by atoms with Gasteiger partial charge in [-0.2, -0.15) is 5.26 Å². The third-order valence-corrected chi connectivity index (χ3v) is 2.14. The number of benzene rings is 1. The number of carbonyl (C=O) groups excluding carboxylic acids is 1. The Morgan fingerprint density at radius 1 is 1.56 bits per heavy atom. The Morgan fingerprint density at radius 3 is 2.94 bits per heavy atom. The largest absolute Gasteiger partial charge is 0.469 e. The van der Waals surface area contributed by atoms with Gasteiger partial charge in [-0.1, -0.05) is 24.3 Å². The van der Waals surface area contributed by atoms with Crippen molar-refractivity contribution in [2.24, 2.45) is 0 Å². The smallest absolute Gasteiger partial charge is 0.309 e. The quantitative estimate of drug-likeness (QED) is 0.727. The number of hydrogen-bond donors (Lipinski definition) is 0. The van der Waals surface area contributed by atoms with Gasteiger partial charge in [0.15, 0.2) is 0 Å². The number of carbonyl (C=O) groups is 1. The van der Waals surface area contributed by atoms with E-state index in [1.807, 2.05) is 25.1 Å². The molecule has 0 amide bonds. The molecular formula is C13H13NO2. The molecule has 0 aliphatic heterocycles. The molecule has 16 heavy (non-hydrogen) atoms. The molecule has 0 saturated heterocycles. The highest BCUT2D eigenvalue weighted by atomic mass is 16.5. The summed E-state index contributed by atoms with van der Waals surface area (Å²) >= 11 is 0. The van der Waals surface area contributed by atoms with Crippen LogP contribution in [-0.2, 0) is 9.53 Å². The highest BCUT2D eigenvalue weighted by Gasteiger charge is 1.99. The topological polar surface area (TPSA) is 50.1 Å². The number of aryl methyl sites for hydroxylation is 1. The molecule has 0 heterocycles. The average Bonchev–Trinajstić information content (AvgIpc) is 2.30. The molecule has 0 aliphatic rings. The summed E-state index contributed by atoms with van der Waals surface area (Å²) in [5.41, 5.74) is 2.47. The van der Waals surface area contributed by atoms with Crippen molar-refractivity contribution in [2.75, 3.05) is 7.11 Å². The molecule has 0 aromatic heterocycles. The summed E-state index contributed by atoms with van der Waals surface area (Å²) in [7, 11) is 1.35. The second-order valence-corrected chi connectivity index (χ2v) is 3.39. The average molecular weight is 215 g/mol. The third kappa shape index (κ3) is 3.25. The van der Waals surface area contributed by atoms with Crippen LogP contribution < -0.4 is 0 Å². The second-order valence-electron chi connectivity index (χ2n) is 3.39. The molecule has 0 fully saturated rings. The molecule has 1 aromatic rings. The van der Waals surface area contributed by atoms with Gasteiger partial charge >= 0.3 is 5.97 Å². The number of nitriles is 1. The first-order chi connectivity index (χ1) is 7.67. The molecule has 0 N–H and O–H groups in total. The van der Waals surface area contributed by atoms with Gasteiger partial charge in [0.05, 0.1) is 25.2 Å². The number of rotatable bonds is 3. The maximum atomic E-state index is 10.9. The van der Waals surface area contributed by atoms with Crippen LogP contribution in [0.15, 0.2) is 24.3 Å². The lowest BCUT2D eigenvalue weighted by Crippen LogP contribution is -1.96. The standard InChI is InChI=1S/C13H13NO2/c1-10-6-7-11(12(8-10)9-14)4-3-5-13(15)16-2/h3-4,6-8H,5H2,1-2H3. The zero-order valence-electron chi connectivity index (χ0n) is 9.36. The molecule has 82 valence electrons. The van der Waals surface area contributed by atoms with Crippen molar-refractivity contribution in [1.82, 2.24) is 0 Å². The molecule has 1 rings (SSSR count). The van der Waals surface area contributed by atoms with E-state index in [2.05, 4.69) is 10.8 Å². The maximum absolute atomic E-state index is 10.9. The fourth-order valence-electron chi connectivity index (χ4n) is 1.28. The maximum Gasteiger partial charge on any atom is 0.309 e. The molecule has 3 heteroatoms. The summed E-state index contributed by atoms with van der Waals surface area (Å²) in [6.07, 6.45) is 3.67. The number of ether oxygens (including phenoxy) is 1. The van der Waals surface area contributed by atoms with Crippen molar-refractivity contribution in [1.29, 1.82) is 5.26 Å². The molecule has 0 spiro atoms. The van der Waals surface area contributed by atoms with Crippen LogP contribution in [0.25, 0.3) is 6.08 Å². The van der Waals surface area contributed by atoms with E-state index < -0.39 is 0 Å². The zero-order chi connectivity index (χ0) is 12.0. The van der Waals surface area contributed by atoms with Crippen LogP contribution >= 0.6 is 0 Å². The van der Waals surface area contributed by atoms with Gasteiger partial charge in [-0.25, -0.2) is 0 Å². The Balaban J connectivity index is 2.82. The number of esters is 1. The summed E-state index contributed by atoms with van der Waals surface area (Å²) in [5, 5.41) is 8.92. The van der Waals surface area contributed by atoms with Crippen molar-refractivity contribution in [2.45, 2.75) is 13.3 Å². The van der Waals surface area contributed by atoms with E-state index in [1.165, 1.54) is 7.11 Å². The van der Waals surface area contributed by atoms with Gasteiger partial charge in [0.1, 0.15) is 0 Å². The van der Waals surface area contributed by atoms with Crippen LogP contribution in [0.4, 0.5) is 0 Å². The summed E-state index contributed by atoms with van der Waals surface area (Å²) < 4.78 is 4.51. The minimum Gasteiger partial charge on any atom is -0.469 e. The van der Waals surface area contributed by atoms with Crippen LogP contribution in [0.3, 0.4) is 0 Å². The van der Waals surface area contributed by atoms with Crippen LogP contribution in [0.2, 0.25) is 0 Å². The Bertz CT molecular complexity index is 455. The summed E-state index contributed by atoms with van der Waals surface area (Å²) in [6, 6.07) is 7.73. The minimum absolute atomic E-state index is 0.218. The Hall–Kier alpha value is -2.08. The first-order valence-corrected chi connectivity index (χ1v) is 4.91. The van der Waals surface area contributed by atoms with E-state index in [-0.39, 0.29) is 12.4 Å². The summed E-state index contributed by atoms with van der Waals surface area (Å²) in [6.45, 7) is 1.93. The van der Waals surface area contributed by atoms with E-state index in [1.54, 1.807) is 12.2 Å². The van der Waals surface area contributed by atoms with Crippen LogP contribution in [0.1, 0.15) is 23.1 Å². The Labute approximate surface area is 95.0 Å². The number of nitrogens with zero attached hydrogens (tertiary/aromatic N) is 1. The Kier molecular flexibility index (Phi) is 4.28. The van der Waals surface area contributed by atoms with E-state index in [0.717, 1.165) is 11.1 Å². The predicted molar refractivity (Wildman–Crippen MR) is 61.6 cm³/mol. The van der Waals surface area contributed by atoms with Crippen molar-refractivity contribution in [3.63, 3.8) is 0 Å². The highest BCUT2D eigenvalue weighted by Crippen LogP contribution is 2.12. The van der Waals surface area contributed by atoms with E-state index in [4.69, 9.17) is 5.26 Å². The minimum atomic E-state index is -0.290. The van der Waals surface area contributed by atoms with Crippen LogP contribution in [-0.4, -0.2) is 13.1 Å². The number of methoxy groups -OCH3 is 1. The zero-order valence-corrected chi connectivity index (χ0v) is 9.36. The van der Waals surface area contributed by atoms with Gasteiger partial charge in [-0.15, -0.1) is 0 Å². The first-order valence-electron chi connectivity index (χ1n) is 4.91. The lowest BCUT2D eigenvalue weighted by atomic mass is 10.0. The van der Waals surface area contributed by atoms with Gasteiger partial charge < -0.3 is 4.74 Å². The second kappa shape index (κ2) is 5.72. The number of hydrogen-bond acceptors (Lipinski definition) is 3. The van der Waals surface area contributed by atoms with Gasteiger partial charge in [-0.05, 0) is 24.1 Å². The molecule has 0 radical (unpaired) electrons. The van der Waals surface area contributed by atoms with Crippen molar-refractivity contribution >= 4 is 12.0 Å². The fraction of sp³-hybridized carbons (Fsp3) is 0.231. The van der Waals surface area contributed by atoms with Crippen molar-refractivity contribution < 1.29 is 9.53 Å². The SMILES string of the molecule is COC(=O)CC=Cc1ccc(C)cc1C#N. The molecule has 0 saturated carbocycles. The van der Waals surface area contributed by atoms with Gasteiger partial charge in [0, 0.05) is 0 Å². The monoisotopic (exact) mass is 215 g/mol. The molecule has 0 atom stereocenters. The fourth-order valence-corrected chi connectivity index (χ4v) is 1.28. The van der Waals surface area contributed by atoms with E-state index in [9.17, 15) is 4.79 Å². The normalized spacial score (nSPS) is 10.1. The van der Waals surface area contributed by atoms with Crippen LogP contribution in [0, 0.1) is 18.3 Å². The lowest BCUT2D eigenvalue weighted by Gasteiger charge is -1.99. The molecule has 0 unspecified atom stereocenters. The lowest BCUT2D eigenvalue weighted by molar-refractivity contribution is -0.139. The van der Waals surface area contributed by atoms with E-state index in [0.29, 0.717) is 5.56 Å². The van der Waals surface area contributed by atoms with Crippen LogP contribution in [0.5, 0.6) is 0 Å². The van der Waals surface area contributed by atoms with Gasteiger partial charge in [-0.3, -0.25) is 4.79 Å². The summed E-state index contributed by atoms with van der Waals surface area (Å²) in [5.74, 6) is -0.290. The summed E-state index contributed by atoms with van der Waals surface area (Å²) in [4.78, 5) is 10.9.